The van der Waals surface area contributed by atoms with E-state index in [-0.39, 0.29) is 17.7 Å². The van der Waals surface area contributed by atoms with E-state index in [9.17, 15) is 9.59 Å². The largest absolute Gasteiger partial charge is 0.451 e. The van der Waals surface area contributed by atoms with E-state index in [1.54, 1.807) is 24.3 Å². The van der Waals surface area contributed by atoms with Crippen molar-refractivity contribution in [2.75, 3.05) is 19.6 Å². The molecular formula is C16H17N3O3. The van der Waals surface area contributed by atoms with Gasteiger partial charge >= 0.3 is 0 Å². The second-order valence-electron chi connectivity index (χ2n) is 6.12. The minimum absolute atomic E-state index is 0.0994. The van der Waals surface area contributed by atoms with Crippen molar-refractivity contribution >= 4 is 22.8 Å². The molecule has 2 amide bonds. The van der Waals surface area contributed by atoms with E-state index in [1.165, 1.54) is 0 Å². The van der Waals surface area contributed by atoms with E-state index < -0.39 is 5.91 Å². The molecule has 0 radical (unpaired) electrons. The van der Waals surface area contributed by atoms with E-state index >= 15 is 0 Å². The summed E-state index contributed by atoms with van der Waals surface area (Å²) >= 11 is 0. The van der Waals surface area contributed by atoms with Gasteiger partial charge in [0.2, 0.25) is 0 Å². The highest BCUT2D eigenvalue weighted by molar-refractivity contribution is 5.99. The Kier molecular flexibility index (Phi) is 2.94. The summed E-state index contributed by atoms with van der Waals surface area (Å²) < 4.78 is 5.38. The maximum Gasteiger partial charge on any atom is 0.284 e. The smallest absolute Gasteiger partial charge is 0.284 e. The van der Waals surface area contributed by atoms with Gasteiger partial charge in [-0.05, 0) is 37.1 Å². The Morgan fingerprint density at radius 1 is 1.27 bits per heavy atom. The lowest BCUT2D eigenvalue weighted by Crippen LogP contribution is -2.43. The van der Waals surface area contributed by atoms with Crippen LogP contribution in [0.1, 0.15) is 27.3 Å². The Morgan fingerprint density at radius 2 is 2.14 bits per heavy atom. The van der Waals surface area contributed by atoms with Crippen LogP contribution in [0.5, 0.6) is 0 Å². The average Bonchev–Trinajstić information content (AvgIpc) is 3.20. The molecule has 22 heavy (non-hydrogen) atoms. The van der Waals surface area contributed by atoms with Gasteiger partial charge in [0, 0.05) is 30.1 Å². The van der Waals surface area contributed by atoms with Crippen molar-refractivity contribution in [3.63, 3.8) is 0 Å². The summed E-state index contributed by atoms with van der Waals surface area (Å²) in [5.74, 6) is -0.0397. The number of hydrogen-bond donors (Lipinski definition) is 2. The van der Waals surface area contributed by atoms with Crippen LogP contribution in [-0.4, -0.2) is 42.4 Å². The molecule has 0 spiro atoms. The van der Waals surface area contributed by atoms with E-state index in [0.29, 0.717) is 17.1 Å². The molecule has 4 rings (SSSR count). The van der Waals surface area contributed by atoms with Crippen LogP contribution < -0.4 is 11.1 Å². The highest BCUT2D eigenvalue weighted by atomic mass is 16.3. The lowest BCUT2D eigenvalue weighted by Gasteiger charge is -2.23. The van der Waals surface area contributed by atoms with Gasteiger partial charge in [0.15, 0.2) is 5.76 Å². The molecule has 6 nitrogen and oxygen atoms in total. The average molecular weight is 299 g/mol. The Labute approximate surface area is 127 Å². The molecule has 114 valence electrons. The van der Waals surface area contributed by atoms with Gasteiger partial charge in [-0.3, -0.25) is 9.59 Å². The van der Waals surface area contributed by atoms with Gasteiger partial charge < -0.3 is 20.4 Å². The predicted octanol–water partition coefficient (Wildman–Crippen LogP) is 0.966. The molecule has 2 saturated heterocycles. The summed E-state index contributed by atoms with van der Waals surface area (Å²) in [4.78, 5) is 25.9. The molecule has 2 fully saturated rings. The molecule has 3 atom stereocenters. The van der Waals surface area contributed by atoms with Crippen molar-refractivity contribution in [3.05, 3.63) is 35.6 Å². The van der Waals surface area contributed by atoms with E-state index in [1.807, 2.05) is 0 Å². The molecule has 3 N–H and O–H groups in total. The zero-order valence-electron chi connectivity index (χ0n) is 12.0. The van der Waals surface area contributed by atoms with Crippen molar-refractivity contribution in [1.82, 2.24) is 10.2 Å². The molecule has 2 aliphatic rings. The van der Waals surface area contributed by atoms with Crippen LogP contribution in [0.15, 0.2) is 28.7 Å². The minimum Gasteiger partial charge on any atom is -0.451 e. The third-order valence-electron chi connectivity index (χ3n) is 4.67. The van der Waals surface area contributed by atoms with E-state index in [2.05, 4.69) is 10.2 Å². The number of benzene rings is 1. The molecular weight excluding hydrogens is 282 g/mol. The lowest BCUT2D eigenvalue weighted by molar-refractivity contribution is 0.0923. The van der Waals surface area contributed by atoms with Crippen LogP contribution >= 0.6 is 0 Å². The van der Waals surface area contributed by atoms with Crippen LogP contribution in [0, 0.1) is 5.92 Å². The van der Waals surface area contributed by atoms with Crippen LogP contribution in [0.25, 0.3) is 11.0 Å². The number of hydrogen-bond acceptors (Lipinski definition) is 4. The number of furan rings is 1. The number of piperidine rings is 1. The highest BCUT2D eigenvalue weighted by Gasteiger charge is 2.38. The Bertz CT molecular complexity index is 767. The van der Waals surface area contributed by atoms with Crippen molar-refractivity contribution in [2.24, 2.45) is 11.7 Å². The zero-order valence-corrected chi connectivity index (χ0v) is 12.0. The van der Waals surface area contributed by atoms with Crippen molar-refractivity contribution in [3.8, 4) is 0 Å². The molecule has 0 aliphatic carbocycles. The molecule has 1 aromatic carbocycles. The van der Waals surface area contributed by atoms with Gasteiger partial charge in [-0.1, -0.05) is 6.07 Å². The summed E-state index contributed by atoms with van der Waals surface area (Å²) in [7, 11) is 0. The van der Waals surface area contributed by atoms with E-state index in [0.717, 1.165) is 31.4 Å². The molecule has 6 heteroatoms. The Morgan fingerprint density at radius 3 is 2.82 bits per heavy atom. The first-order chi connectivity index (χ1) is 10.6. The van der Waals surface area contributed by atoms with Gasteiger partial charge in [-0.15, -0.1) is 0 Å². The summed E-state index contributed by atoms with van der Waals surface area (Å²) in [6.07, 6.45) is 1.16. The quantitative estimate of drug-likeness (QED) is 0.883. The SMILES string of the molecule is NC(=O)c1cc2ccc(C(=O)NC3CN4CC[C@@H]3C4)cc2o1. The first-order valence-electron chi connectivity index (χ1n) is 7.47. The number of carbonyl (C=O) groups is 2. The van der Waals surface area contributed by atoms with Crippen LogP contribution in [-0.2, 0) is 0 Å². The van der Waals surface area contributed by atoms with Crippen LogP contribution in [0.2, 0.25) is 0 Å². The maximum atomic E-state index is 12.4. The number of rotatable bonds is 3. The molecule has 0 saturated carbocycles. The Balaban J connectivity index is 1.55. The first-order valence-corrected chi connectivity index (χ1v) is 7.47. The maximum absolute atomic E-state index is 12.4. The number of primary amides is 1. The third kappa shape index (κ3) is 2.16. The van der Waals surface area contributed by atoms with E-state index in [4.69, 9.17) is 10.2 Å². The summed E-state index contributed by atoms with van der Waals surface area (Å²) in [6.45, 7) is 3.17. The number of amides is 2. The molecule has 2 aromatic rings. The minimum atomic E-state index is -0.613. The van der Waals surface area contributed by atoms with Crippen LogP contribution in [0.4, 0.5) is 0 Å². The fourth-order valence-corrected chi connectivity index (χ4v) is 3.49. The van der Waals surface area contributed by atoms with Gasteiger partial charge in [-0.2, -0.15) is 0 Å². The normalized spacial score (nSPS) is 26.5. The third-order valence-corrected chi connectivity index (χ3v) is 4.67. The zero-order chi connectivity index (χ0) is 15.3. The monoisotopic (exact) mass is 299 g/mol. The molecule has 3 heterocycles. The van der Waals surface area contributed by atoms with Crippen molar-refractivity contribution in [1.29, 1.82) is 0 Å². The summed E-state index contributed by atoms with van der Waals surface area (Å²) in [5.41, 5.74) is 6.24. The number of nitrogens with two attached hydrogens (primary N) is 1. The standard InChI is InChI=1S/C16H17N3O3/c17-15(20)14-5-9-1-2-10(6-13(9)22-14)16(21)18-12-8-19-4-3-11(12)7-19/h1-2,5-6,11-12H,3-4,7-8H2,(H2,17,20)(H,18,21)/t11-,12?/m1/s1. The van der Waals surface area contributed by atoms with Gasteiger partial charge in [0.05, 0.1) is 0 Å². The topological polar surface area (TPSA) is 88.6 Å². The summed E-state index contributed by atoms with van der Waals surface area (Å²) in [6, 6.07) is 6.98. The van der Waals surface area contributed by atoms with Gasteiger partial charge in [0.1, 0.15) is 5.58 Å². The van der Waals surface area contributed by atoms with Gasteiger partial charge in [0.25, 0.3) is 11.8 Å². The number of fused-ring (bicyclic) bond motifs is 3. The summed E-state index contributed by atoms with van der Waals surface area (Å²) in [5, 5.41) is 3.87. The van der Waals surface area contributed by atoms with Crippen molar-refractivity contribution < 1.29 is 14.0 Å². The second kappa shape index (κ2) is 4.84. The molecule has 2 bridgehead atoms. The first kappa shape index (κ1) is 13.3. The van der Waals surface area contributed by atoms with Crippen LogP contribution in [0.3, 0.4) is 0 Å². The van der Waals surface area contributed by atoms with Gasteiger partial charge in [-0.25, -0.2) is 0 Å². The second-order valence-corrected chi connectivity index (χ2v) is 6.12. The molecule has 1 aromatic heterocycles. The molecule has 2 unspecified atom stereocenters. The lowest BCUT2D eigenvalue weighted by atomic mass is 9.99. The Hall–Kier alpha value is -2.34. The van der Waals surface area contributed by atoms with Crippen molar-refractivity contribution in [2.45, 2.75) is 12.5 Å². The highest BCUT2D eigenvalue weighted by Crippen LogP contribution is 2.28. The number of nitrogens with zero attached hydrogens (tertiary/aromatic N) is 1. The predicted molar refractivity (Wildman–Crippen MR) is 80.5 cm³/mol. The fraction of sp³-hybridized carbons (Fsp3) is 0.375. The number of nitrogens with one attached hydrogen (secondary N) is 1. The fourth-order valence-electron chi connectivity index (χ4n) is 3.49. The molecule has 2 aliphatic heterocycles. The number of carbonyl (C=O) groups excluding carboxylic acids is 2.